The van der Waals surface area contributed by atoms with Gasteiger partial charge in [-0.3, -0.25) is 4.79 Å². The number of carbonyl (C=O) groups excluding carboxylic acids is 1. The monoisotopic (exact) mass is 285 g/mol. The molecule has 0 amide bonds. The average molecular weight is 286 g/mol. The van der Waals surface area contributed by atoms with Gasteiger partial charge in [-0.1, -0.05) is 33.6 Å². The zero-order valence-corrected chi connectivity index (χ0v) is 11.3. The van der Waals surface area contributed by atoms with Crippen LogP contribution in [-0.2, 0) is 9.53 Å². The van der Waals surface area contributed by atoms with Crippen LogP contribution >= 0.6 is 15.9 Å². The number of methoxy groups -OCH3 is 1. The molecule has 0 aliphatic carbocycles. The Morgan fingerprint density at radius 1 is 1.44 bits per heavy atom. The van der Waals surface area contributed by atoms with E-state index >= 15 is 0 Å². The fourth-order valence-corrected chi connectivity index (χ4v) is 1.97. The Kier molecular flexibility index (Phi) is 4.80. The molecule has 0 fully saturated rings. The highest BCUT2D eigenvalue weighted by molar-refractivity contribution is 9.10. The molecule has 1 rings (SSSR count). The summed E-state index contributed by atoms with van der Waals surface area (Å²) in [5, 5.41) is 0. The van der Waals surface area contributed by atoms with Crippen molar-refractivity contribution in [2.24, 2.45) is 0 Å². The van der Waals surface area contributed by atoms with E-state index in [1.807, 2.05) is 43.1 Å². The van der Waals surface area contributed by atoms with Crippen LogP contribution in [0.15, 0.2) is 24.3 Å². The highest BCUT2D eigenvalue weighted by Gasteiger charge is 2.17. The first-order chi connectivity index (χ1) is 7.54. The fourth-order valence-electron chi connectivity index (χ4n) is 1.35. The van der Waals surface area contributed by atoms with Crippen LogP contribution in [0.5, 0.6) is 0 Å². The molecule has 16 heavy (non-hydrogen) atoms. The van der Waals surface area contributed by atoms with E-state index in [-0.39, 0.29) is 10.8 Å². The summed E-state index contributed by atoms with van der Waals surface area (Å²) >= 11 is 3.30. The first-order valence-corrected chi connectivity index (χ1v) is 5.96. The van der Waals surface area contributed by atoms with Gasteiger partial charge in [0, 0.05) is 19.3 Å². The van der Waals surface area contributed by atoms with Crippen LogP contribution in [0.2, 0.25) is 0 Å². The fraction of sp³-hybridized carbons (Fsp3) is 0.417. The molecule has 1 aromatic rings. The van der Waals surface area contributed by atoms with Crippen molar-refractivity contribution in [2.45, 2.75) is 11.8 Å². The number of aryl methyl sites for hydroxylation is 1. The number of ether oxygens (including phenoxy) is 1. The largest absolute Gasteiger partial charge is 0.468 e. The van der Waals surface area contributed by atoms with Gasteiger partial charge < -0.3 is 9.64 Å². The molecule has 0 saturated heterocycles. The van der Waals surface area contributed by atoms with Crippen molar-refractivity contribution in [3.8, 4) is 0 Å². The van der Waals surface area contributed by atoms with Crippen molar-refractivity contribution in [3.05, 3.63) is 29.8 Å². The second kappa shape index (κ2) is 5.89. The molecule has 0 heterocycles. The minimum Gasteiger partial charge on any atom is -0.468 e. The summed E-state index contributed by atoms with van der Waals surface area (Å²) in [5.74, 6) is -0.251. The lowest BCUT2D eigenvalue weighted by Gasteiger charge is -2.21. The topological polar surface area (TPSA) is 29.5 Å². The average Bonchev–Trinajstić information content (AvgIpc) is 2.28. The van der Waals surface area contributed by atoms with E-state index in [0.29, 0.717) is 6.54 Å². The number of anilines is 1. The normalized spacial score (nSPS) is 12.0. The highest BCUT2D eigenvalue weighted by Crippen LogP contribution is 2.15. The molecule has 1 atom stereocenters. The first kappa shape index (κ1) is 13.0. The molecule has 0 aromatic heterocycles. The van der Waals surface area contributed by atoms with Gasteiger partial charge in [-0.25, -0.2) is 0 Å². The minimum absolute atomic E-state index is 0.251. The Balaban J connectivity index is 2.61. The van der Waals surface area contributed by atoms with Crippen LogP contribution in [0.25, 0.3) is 0 Å². The summed E-state index contributed by atoms with van der Waals surface area (Å²) in [5.41, 5.74) is 2.31. The molecule has 0 aliphatic rings. The summed E-state index contributed by atoms with van der Waals surface area (Å²) in [7, 11) is 3.34. The molecule has 0 aliphatic heterocycles. The Hall–Kier alpha value is -1.03. The molecular formula is C12H16BrNO2. The lowest BCUT2D eigenvalue weighted by Crippen LogP contribution is -2.31. The van der Waals surface area contributed by atoms with Gasteiger partial charge in [0.05, 0.1) is 7.11 Å². The molecule has 0 N–H and O–H groups in total. The van der Waals surface area contributed by atoms with Crippen LogP contribution in [0.1, 0.15) is 5.56 Å². The van der Waals surface area contributed by atoms with Crippen molar-refractivity contribution in [1.29, 1.82) is 0 Å². The second-order valence-corrected chi connectivity index (χ2v) is 4.81. The Labute approximate surface area is 105 Å². The molecule has 0 spiro atoms. The third-order valence-corrected chi connectivity index (χ3v) is 3.03. The predicted molar refractivity (Wildman–Crippen MR) is 69.2 cm³/mol. The van der Waals surface area contributed by atoms with Gasteiger partial charge in [0.2, 0.25) is 0 Å². The van der Waals surface area contributed by atoms with E-state index in [0.717, 1.165) is 5.69 Å². The zero-order chi connectivity index (χ0) is 12.1. The van der Waals surface area contributed by atoms with Crippen LogP contribution in [-0.4, -0.2) is 31.5 Å². The van der Waals surface area contributed by atoms with Gasteiger partial charge >= 0.3 is 5.97 Å². The zero-order valence-electron chi connectivity index (χ0n) is 9.74. The quantitative estimate of drug-likeness (QED) is 0.628. The summed E-state index contributed by atoms with van der Waals surface area (Å²) in [6.07, 6.45) is 0. The molecule has 3 nitrogen and oxygen atoms in total. The van der Waals surface area contributed by atoms with Gasteiger partial charge in [-0.15, -0.1) is 0 Å². The number of hydrogen-bond donors (Lipinski definition) is 0. The number of alkyl halides is 1. The minimum atomic E-state index is -0.302. The van der Waals surface area contributed by atoms with Gasteiger partial charge in [-0.2, -0.15) is 0 Å². The van der Waals surface area contributed by atoms with Crippen molar-refractivity contribution in [1.82, 2.24) is 0 Å². The number of esters is 1. The van der Waals surface area contributed by atoms with Crippen LogP contribution < -0.4 is 4.90 Å². The maximum atomic E-state index is 11.2. The van der Waals surface area contributed by atoms with E-state index in [2.05, 4.69) is 20.7 Å². The standard InChI is InChI=1S/C12H16BrNO2/c1-9-4-6-10(7-5-9)14(2)8-11(13)12(15)16-3/h4-7,11H,8H2,1-3H3. The molecule has 0 saturated carbocycles. The Bertz CT molecular complexity index is 351. The SMILES string of the molecule is COC(=O)C(Br)CN(C)c1ccc(C)cc1. The van der Waals surface area contributed by atoms with Crippen molar-refractivity contribution >= 4 is 27.6 Å². The van der Waals surface area contributed by atoms with Crippen LogP contribution in [0.4, 0.5) is 5.69 Å². The Morgan fingerprint density at radius 2 is 2.00 bits per heavy atom. The summed E-state index contributed by atoms with van der Waals surface area (Å²) in [4.78, 5) is 12.9. The number of benzene rings is 1. The van der Waals surface area contributed by atoms with E-state index in [9.17, 15) is 4.79 Å². The van der Waals surface area contributed by atoms with E-state index in [1.165, 1.54) is 12.7 Å². The van der Waals surface area contributed by atoms with Gasteiger partial charge in [-0.05, 0) is 19.1 Å². The molecular weight excluding hydrogens is 270 g/mol. The predicted octanol–water partition coefficient (Wildman–Crippen LogP) is 2.37. The molecule has 88 valence electrons. The molecule has 0 bridgehead atoms. The Morgan fingerprint density at radius 3 is 2.50 bits per heavy atom. The van der Waals surface area contributed by atoms with E-state index in [4.69, 9.17) is 0 Å². The molecule has 1 aromatic carbocycles. The number of carbonyl (C=O) groups is 1. The van der Waals surface area contributed by atoms with Crippen molar-refractivity contribution in [3.63, 3.8) is 0 Å². The maximum absolute atomic E-state index is 11.2. The lowest BCUT2D eigenvalue weighted by atomic mass is 10.2. The summed E-state index contributed by atoms with van der Waals surface area (Å²) < 4.78 is 4.66. The summed E-state index contributed by atoms with van der Waals surface area (Å²) in [6.45, 7) is 2.63. The first-order valence-electron chi connectivity index (χ1n) is 5.04. The smallest absolute Gasteiger partial charge is 0.321 e. The third kappa shape index (κ3) is 3.52. The molecule has 1 unspecified atom stereocenters. The van der Waals surface area contributed by atoms with Gasteiger partial charge in [0.15, 0.2) is 0 Å². The second-order valence-electron chi connectivity index (χ2n) is 3.71. The van der Waals surface area contributed by atoms with Gasteiger partial charge in [0.1, 0.15) is 4.83 Å². The number of hydrogen-bond acceptors (Lipinski definition) is 3. The van der Waals surface area contributed by atoms with Crippen LogP contribution in [0.3, 0.4) is 0 Å². The number of halogens is 1. The number of nitrogens with zero attached hydrogens (tertiary/aromatic N) is 1. The molecule has 0 radical (unpaired) electrons. The highest BCUT2D eigenvalue weighted by atomic mass is 79.9. The number of rotatable bonds is 4. The van der Waals surface area contributed by atoms with Crippen LogP contribution in [0, 0.1) is 6.92 Å². The molecule has 4 heteroatoms. The van der Waals surface area contributed by atoms with Crippen molar-refractivity contribution < 1.29 is 9.53 Å². The van der Waals surface area contributed by atoms with E-state index in [1.54, 1.807) is 0 Å². The lowest BCUT2D eigenvalue weighted by molar-refractivity contribution is -0.139. The third-order valence-electron chi connectivity index (χ3n) is 2.37. The van der Waals surface area contributed by atoms with Crippen molar-refractivity contribution in [2.75, 3.05) is 25.6 Å². The maximum Gasteiger partial charge on any atom is 0.321 e. The van der Waals surface area contributed by atoms with Gasteiger partial charge in [0.25, 0.3) is 0 Å². The van der Waals surface area contributed by atoms with E-state index < -0.39 is 0 Å². The summed E-state index contributed by atoms with van der Waals surface area (Å²) in [6, 6.07) is 8.17.